The minimum absolute atomic E-state index is 0.0399. The number of amides is 1. The van der Waals surface area contributed by atoms with Crippen LogP contribution in [-0.2, 0) is 4.79 Å². The van der Waals surface area contributed by atoms with Gasteiger partial charge in [0.25, 0.3) is 5.91 Å². The second-order valence-corrected chi connectivity index (χ2v) is 7.27. The lowest BCUT2D eigenvalue weighted by atomic mass is 9.98. The third kappa shape index (κ3) is 3.11. The fraction of sp³-hybridized carbons (Fsp3) is 0.0800. The first-order chi connectivity index (χ1) is 15.6. The smallest absolute Gasteiger partial charge is 0.294 e. The van der Waals surface area contributed by atoms with Gasteiger partial charge >= 0.3 is 0 Å². The number of aromatic nitrogens is 1. The molecule has 32 heavy (non-hydrogen) atoms. The normalized spacial score (nSPS) is 16.1. The summed E-state index contributed by atoms with van der Waals surface area (Å²) in [4.78, 5) is 32.3. The van der Waals surface area contributed by atoms with E-state index in [0.29, 0.717) is 22.7 Å². The number of rotatable bonds is 5. The second-order valence-electron chi connectivity index (χ2n) is 7.27. The maximum Gasteiger partial charge on any atom is 0.294 e. The Hall–Kier alpha value is -4.39. The molecule has 3 heterocycles. The molecular weight excluding hydrogens is 408 g/mol. The van der Waals surface area contributed by atoms with Gasteiger partial charge in [-0.05, 0) is 48.5 Å². The van der Waals surface area contributed by atoms with Crippen molar-refractivity contribution in [2.75, 3.05) is 12.0 Å². The highest BCUT2D eigenvalue weighted by Crippen LogP contribution is 2.42. The second kappa shape index (κ2) is 7.70. The number of furan rings is 1. The molecule has 1 amide bonds. The predicted molar refractivity (Wildman–Crippen MR) is 118 cm³/mol. The van der Waals surface area contributed by atoms with Crippen LogP contribution in [0.1, 0.15) is 22.3 Å². The zero-order chi connectivity index (χ0) is 22.2. The van der Waals surface area contributed by atoms with E-state index in [1.54, 1.807) is 74.0 Å². The monoisotopic (exact) mass is 426 g/mol. The molecule has 158 valence electrons. The number of ketones is 1. The Morgan fingerprint density at radius 2 is 1.81 bits per heavy atom. The molecule has 1 atom stereocenters. The van der Waals surface area contributed by atoms with Gasteiger partial charge in [0.15, 0.2) is 11.5 Å². The minimum atomic E-state index is -0.919. The minimum Gasteiger partial charge on any atom is -0.503 e. The van der Waals surface area contributed by atoms with Gasteiger partial charge in [0.05, 0.1) is 18.4 Å². The molecular formula is C25H18N2O5. The van der Waals surface area contributed by atoms with Crippen LogP contribution in [-0.4, -0.2) is 28.9 Å². The summed E-state index contributed by atoms with van der Waals surface area (Å²) in [6.45, 7) is 0. The average Bonchev–Trinajstić information content (AvgIpc) is 3.38. The molecule has 7 heteroatoms. The molecule has 0 fully saturated rings. The lowest BCUT2D eigenvalue weighted by Gasteiger charge is -2.26. The summed E-state index contributed by atoms with van der Waals surface area (Å²) in [5, 5.41) is 11.6. The van der Waals surface area contributed by atoms with Crippen LogP contribution in [0, 0.1) is 0 Å². The van der Waals surface area contributed by atoms with E-state index < -0.39 is 23.5 Å². The van der Waals surface area contributed by atoms with Crippen LogP contribution in [0.2, 0.25) is 0 Å². The summed E-state index contributed by atoms with van der Waals surface area (Å²) in [6, 6.07) is 19.9. The van der Waals surface area contributed by atoms with Gasteiger partial charge < -0.3 is 14.3 Å². The van der Waals surface area contributed by atoms with Crippen molar-refractivity contribution in [3.63, 3.8) is 0 Å². The van der Waals surface area contributed by atoms with E-state index in [1.165, 1.54) is 4.90 Å². The molecule has 0 aliphatic carbocycles. The number of aliphatic hydroxyl groups is 1. The zero-order valence-corrected chi connectivity index (χ0v) is 17.1. The van der Waals surface area contributed by atoms with Crippen LogP contribution in [0.4, 0.5) is 5.69 Å². The number of methoxy groups -OCH3 is 1. The van der Waals surface area contributed by atoms with Crippen molar-refractivity contribution < 1.29 is 23.8 Å². The summed E-state index contributed by atoms with van der Waals surface area (Å²) in [6.07, 6.45) is 1.57. The lowest BCUT2D eigenvalue weighted by Crippen LogP contribution is -2.31. The number of ether oxygens (including phenoxy) is 1. The van der Waals surface area contributed by atoms with Crippen molar-refractivity contribution in [3.05, 3.63) is 102 Å². The van der Waals surface area contributed by atoms with Crippen LogP contribution in [0.3, 0.4) is 0 Å². The summed E-state index contributed by atoms with van der Waals surface area (Å²) in [5.41, 5.74) is 1.40. The maximum atomic E-state index is 13.5. The number of nitrogens with zero attached hydrogens (tertiary/aromatic N) is 2. The standard InChI is InChI=1S/C25H18N2O5/c1-31-17-11-9-16(10-12-17)27-22(18-7-4-5-13-26-18)21(24(29)25(27)30)23(28)20-14-15-6-2-3-8-19(15)32-20/h2-14,22,29H,1H3. The van der Waals surface area contributed by atoms with Gasteiger partial charge in [-0.3, -0.25) is 19.5 Å². The Labute approximate surface area is 183 Å². The van der Waals surface area contributed by atoms with Crippen LogP contribution in [0.5, 0.6) is 5.75 Å². The molecule has 1 aliphatic heterocycles. The van der Waals surface area contributed by atoms with Gasteiger partial charge in [0.2, 0.25) is 5.78 Å². The molecule has 0 saturated carbocycles. The Morgan fingerprint density at radius 3 is 2.50 bits per heavy atom. The molecule has 7 nitrogen and oxygen atoms in total. The number of para-hydroxylation sites is 1. The van der Waals surface area contributed by atoms with Crippen LogP contribution in [0.25, 0.3) is 11.0 Å². The highest BCUT2D eigenvalue weighted by Gasteiger charge is 2.46. The van der Waals surface area contributed by atoms with E-state index in [2.05, 4.69) is 4.98 Å². The number of carbonyl (C=O) groups is 2. The highest BCUT2D eigenvalue weighted by atomic mass is 16.5. The number of Topliss-reactive ketones (excluding diaryl/α,β-unsaturated/α-hetero) is 1. The molecule has 4 aromatic rings. The van der Waals surface area contributed by atoms with Crippen LogP contribution in [0.15, 0.2) is 94.7 Å². The molecule has 1 N–H and O–H groups in total. The third-order valence-corrected chi connectivity index (χ3v) is 5.42. The molecule has 0 bridgehead atoms. The molecule has 1 unspecified atom stereocenters. The Kier molecular flexibility index (Phi) is 4.71. The molecule has 0 spiro atoms. The van der Waals surface area contributed by atoms with Crippen molar-refractivity contribution in [2.24, 2.45) is 0 Å². The van der Waals surface area contributed by atoms with Crippen LogP contribution >= 0.6 is 0 Å². The van der Waals surface area contributed by atoms with Crippen molar-refractivity contribution in [3.8, 4) is 5.75 Å². The highest BCUT2D eigenvalue weighted by molar-refractivity contribution is 6.20. The Balaban J connectivity index is 1.64. The SMILES string of the molecule is COc1ccc(N2C(=O)C(O)=C(C(=O)c3cc4ccccc4o3)C2c2ccccn2)cc1. The quantitative estimate of drug-likeness (QED) is 0.468. The topological polar surface area (TPSA) is 92.9 Å². The lowest BCUT2D eigenvalue weighted by molar-refractivity contribution is -0.117. The van der Waals surface area contributed by atoms with E-state index in [-0.39, 0.29) is 11.3 Å². The number of pyridine rings is 1. The first-order valence-electron chi connectivity index (χ1n) is 9.93. The predicted octanol–water partition coefficient (Wildman–Crippen LogP) is 4.62. The first-order valence-corrected chi connectivity index (χ1v) is 9.93. The third-order valence-electron chi connectivity index (χ3n) is 5.42. The molecule has 1 aliphatic rings. The summed E-state index contributed by atoms with van der Waals surface area (Å²) < 4.78 is 10.9. The molecule has 2 aromatic carbocycles. The molecule has 0 saturated heterocycles. The number of carbonyl (C=O) groups excluding carboxylic acids is 2. The molecule has 5 rings (SSSR count). The van der Waals surface area contributed by atoms with E-state index >= 15 is 0 Å². The van der Waals surface area contributed by atoms with Gasteiger partial charge in [0, 0.05) is 17.3 Å². The molecule has 0 radical (unpaired) electrons. The zero-order valence-electron chi connectivity index (χ0n) is 17.1. The number of hydrogen-bond donors (Lipinski definition) is 1. The maximum absolute atomic E-state index is 13.5. The van der Waals surface area contributed by atoms with Gasteiger partial charge in [0.1, 0.15) is 17.4 Å². The van der Waals surface area contributed by atoms with E-state index in [1.807, 2.05) is 12.1 Å². The summed E-state index contributed by atoms with van der Waals surface area (Å²) >= 11 is 0. The number of fused-ring (bicyclic) bond motifs is 1. The Bertz CT molecular complexity index is 1320. The van der Waals surface area contributed by atoms with E-state index in [4.69, 9.17) is 9.15 Å². The first kappa shape index (κ1) is 19.6. The number of aliphatic hydroxyl groups excluding tert-OH is 1. The number of benzene rings is 2. The van der Waals surface area contributed by atoms with Gasteiger partial charge in [-0.1, -0.05) is 24.3 Å². The summed E-state index contributed by atoms with van der Waals surface area (Å²) in [5.74, 6) is -1.23. The number of anilines is 1. The van der Waals surface area contributed by atoms with Crippen molar-refractivity contribution in [1.29, 1.82) is 0 Å². The van der Waals surface area contributed by atoms with E-state index in [0.717, 1.165) is 5.39 Å². The summed E-state index contributed by atoms with van der Waals surface area (Å²) in [7, 11) is 1.55. The van der Waals surface area contributed by atoms with Crippen molar-refractivity contribution in [2.45, 2.75) is 6.04 Å². The fourth-order valence-corrected chi connectivity index (χ4v) is 3.89. The van der Waals surface area contributed by atoms with E-state index in [9.17, 15) is 14.7 Å². The average molecular weight is 426 g/mol. The van der Waals surface area contributed by atoms with Crippen molar-refractivity contribution >= 4 is 28.3 Å². The number of hydrogen-bond acceptors (Lipinski definition) is 6. The largest absolute Gasteiger partial charge is 0.503 e. The molecule has 2 aromatic heterocycles. The van der Waals surface area contributed by atoms with Gasteiger partial charge in [-0.15, -0.1) is 0 Å². The van der Waals surface area contributed by atoms with Gasteiger partial charge in [-0.2, -0.15) is 0 Å². The van der Waals surface area contributed by atoms with Gasteiger partial charge in [-0.25, -0.2) is 0 Å². The Morgan fingerprint density at radius 1 is 1.06 bits per heavy atom. The fourth-order valence-electron chi connectivity index (χ4n) is 3.89. The van der Waals surface area contributed by atoms with Crippen LogP contribution < -0.4 is 9.64 Å². The van der Waals surface area contributed by atoms with Crippen molar-refractivity contribution in [1.82, 2.24) is 4.98 Å².